The van der Waals surface area contributed by atoms with Crippen molar-refractivity contribution in [2.45, 2.75) is 4.87 Å². The zero-order valence-electron chi connectivity index (χ0n) is 10.8. The van der Waals surface area contributed by atoms with Gasteiger partial charge in [-0.15, -0.1) is 0 Å². The van der Waals surface area contributed by atoms with Crippen LogP contribution in [0.5, 0.6) is 0 Å². The van der Waals surface area contributed by atoms with Crippen LogP contribution in [-0.4, -0.2) is 11.0 Å². The topological polar surface area (TPSA) is 53.5 Å². The van der Waals surface area contributed by atoms with E-state index in [1.165, 1.54) is 23.9 Å². The van der Waals surface area contributed by atoms with Crippen LogP contribution in [0.25, 0.3) is 0 Å². The highest BCUT2D eigenvalue weighted by atomic mass is 32.2. The van der Waals surface area contributed by atoms with E-state index >= 15 is 0 Å². The summed E-state index contributed by atoms with van der Waals surface area (Å²) in [5, 5.41) is 7.74. The number of rotatable bonds is 1. The van der Waals surface area contributed by atoms with Crippen LogP contribution < -0.4 is 10.7 Å². The molecule has 0 aliphatic carbocycles. The number of carbonyl (C=O) groups is 1. The first-order valence-electron chi connectivity index (χ1n) is 6.40. The zero-order valence-corrected chi connectivity index (χ0v) is 11.6. The van der Waals surface area contributed by atoms with Crippen molar-refractivity contribution >= 4 is 28.4 Å². The number of anilines is 1. The molecule has 0 bridgehead atoms. The molecule has 2 aliphatic heterocycles. The summed E-state index contributed by atoms with van der Waals surface area (Å²) in [6, 6.07) is 13.8. The summed E-state index contributed by atoms with van der Waals surface area (Å²) in [4.78, 5) is 11.3. The Balaban J connectivity index is 1.76. The molecular formula is C15H10FN3OS. The molecule has 0 saturated carbocycles. The molecule has 21 heavy (non-hydrogen) atoms. The zero-order chi connectivity index (χ0) is 14.4. The van der Waals surface area contributed by atoms with Gasteiger partial charge in [0.1, 0.15) is 10.9 Å². The monoisotopic (exact) mass is 299 g/mol. The van der Waals surface area contributed by atoms with Crippen molar-refractivity contribution in [3.05, 3.63) is 65.5 Å². The molecular weight excluding hydrogens is 289 g/mol. The second kappa shape index (κ2) is 4.33. The van der Waals surface area contributed by atoms with Gasteiger partial charge in [0.15, 0.2) is 0 Å². The predicted molar refractivity (Wildman–Crippen MR) is 80.4 cm³/mol. The number of nitrogens with one attached hydrogen (secondary N) is 2. The molecule has 1 atom stereocenters. The predicted octanol–water partition coefficient (Wildman–Crippen LogP) is 2.63. The van der Waals surface area contributed by atoms with Gasteiger partial charge in [-0.25, -0.2) is 4.39 Å². The molecule has 2 aromatic carbocycles. The van der Waals surface area contributed by atoms with Gasteiger partial charge in [-0.2, -0.15) is 5.10 Å². The molecule has 104 valence electrons. The number of nitrogens with zero attached hydrogens (tertiary/aromatic N) is 1. The Labute approximate surface area is 124 Å². The lowest BCUT2D eigenvalue weighted by molar-refractivity contribution is -0.118. The third-order valence-electron chi connectivity index (χ3n) is 3.51. The van der Waals surface area contributed by atoms with E-state index in [0.717, 1.165) is 5.56 Å². The summed E-state index contributed by atoms with van der Waals surface area (Å²) < 4.78 is 13.5. The molecule has 0 fully saturated rings. The number of hydrogen-bond acceptors (Lipinski definition) is 4. The van der Waals surface area contributed by atoms with E-state index in [2.05, 4.69) is 15.8 Å². The third kappa shape index (κ3) is 1.76. The van der Waals surface area contributed by atoms with Crippen LogP contribution in [0.2, 0.25) is 0 Å². The van der Waals surface area contributed by atoms with E-state index in [4.69, 9.17) is 0 Å². The maximum atomic E-state index is 13.5. The van der Waals surface area contributed by atoms with Crippen molar-refractivity contribution in [2.24, 2.45) is 5.10 Å². The van der Waals surface area contributed by atoms with Crippen LogP contribution in [0.3, 0.4) is 0 Å². The summed E-state index contributed by atoms with van der Waals surface area (Å²) in [6.45, 7) is 0. The van der Waals surface area contributed by atoms with Gasteiger partial charge in [0.25, 0.3) is 5.91 Å². The Kier molecular flexibility index (Phi) is 2.56. The average molecular weight is 299 g/mol. The first-order chi connectivity index (χ1) is 10.2. The normalized spacial score (nSPS) is 22.7. The molecule has 0 aromatic heterocycles. The van der Waals surface area contributed by atoms with E-state index in [0.29, 0.717) is 16.3 Å². The average Bonchev–Trinajstić information content (AvgIpc) is 3.06. The Morgan fingerprint density at radius 3 is 2.76 bits per heavy atom. The number of thioether (sulfide) groups is 1. The first kappa shape index (κ1) is 12.4. The SMILES string of the molecule is O=C1Nc2ccc(F)cc2C12NN=C(c1ccccc1)S2. The second-order valence-corrected chi connectivity index (χ2v) is 6.03. The number of carbonyl (C=O) groups excluding carboxylic acids is 1. The molecule has 1 spiro atoms. The van der Waals surface area contributed by atoms with Gasteiger partial charge in [0.05, 0.1) is 0 Å². The lowest BCUT2D eigenvalue weighted by Crippen LogP contribution is -2.39. The summed E-state index contributed by atoms with van der Waals surface area (Å²) in [6.07, 6.45) is 0. The number of halogens is 1. The number of hydrogen-bond donors (Lipinski definition) is 2. The summed E-state index contributed by atoms with van der Waals surface area (Å²) in [5.74, 6) is -0.608. The Bertz CT molecular complexity index is 778. The van der Waals surface area contributed by atoms with Gasteiger partial charge in [0, 0.05) is 16.8 Å². The molecule has 4 rings (SSSR count). The van der Waals surface area contributed by atoms with Crippen molar-refractivity contribution in [2.75, 3.05) is 5.32 Å². The minimum atomic E-state index is -1.08. The number of amides is 1. The smallest absolute Gasteiger partial charge is 0.267 e. The molecule has 0 radical (unpaired) electrons. The van der Waals surface area contributed by atoms with E-state index in [1.54, 1.807) is 6.07 Å². The largest absolute Gasteiger partial charge is 0.323 e. The van der Waals surface area contributed by atoms with Crippen molar-refractivity contribution in [1.82, 2.24) is 5.43 Å². The molecule has 2 aromatic rings. The maximum Gasteiger partial charge on any atom is 0.267 e. The van der Waals surface area contributed by atoms with E-state index in [-0.39, 0.29) is 11.7 Å². The lowest BCUT2D eigenvalue weighted by atomic mass is 10.1. The quantitative estimate of drug-likeness (QED) is 0.851. The highest BCUT2D eigenvalue weighted by Gasteiger charge is 2.52. The van der Waals surface area contributed by atoms with Crippen molar-refractivity contribution < 1.29 is 9.18 Å². The fourth-order valence-corrected chi connectivity index (χ4v) is 3.64. The van der Waals surface area contributed by atoms with Crippen LogP contribution in [0.15, 0.2) is 53.6 Å². The minimum Gasteiger partial charge on any atom is -0.323 e. The van der Waals surface area contributed by atoms with Gasteiger partial charge in [-0.05, 0) is 18.2 Å². The van der Waals surface area contributed by atoms with Gasteiger partial charge in [-0.1, -0.05) is 42.1 Å². The van der Waals surface area contributed by atoms with E-state index in [9.17, 15) is 9.18 Å². The van der Waals surface area contributed by atoms with Crippen molar-refractivity contribution in [3.63, 3.8) is 0 Å². The minimum absolute atomic E-state index is 0.234. The molecule has 4 nitrogen and oxygen atoms in total. The standard InChI is InChI=1S/C15H10FN3OS/c16-10-6-7-12-11(8-10)15(14(20)17-12)19-18-13(21-15)9-4-2-1-3-5-9/h1-8,19H,(H,17,20). The molecule has 1 unspecified atom stereocenters. The van der Waals surface area contributed by atoms with E-state index in [1.807, 2.05) is 30.3 Å². The summed E-state index contributed by atoms with van der Waals surface area (Å²) >= 11 is 1.29. The summed E-state index contributed by atoms with van der Waals surface area (Å²) in [7, 11) is 0. The molecule has 2 aliphatic rings. The Morgan fingerprint density at radius 2 is 1.95 bits per heavy atom. The molecule has 6 heteroatoms. The second-order valence-electron chi connectivity index (χ2n) is 4.82. The highest BCUT2D eigenvalue weighted by molar-refractivity contribution is 8.16. The maximum absolute atomic E-state index is 13.5. The fourth-order valence-electron chi connectivity index (χ4n) is 2.49. The van der Waals surface area contributed by atoms with Crippen LogP contribution >= 0.6 is 11.8 Å². The van der Waals surface area contributed by atoms with Crippen molar-refractivity contribution in [1.29, 1.82) is 0 Å². The first-order valence-corrected chi connectivity index (χ1v) is 7.21. The van der Waals surface area contributed by atoms with Crippen LogP contribution in [0.1, 0.15) is 11.1 Å². The number of benzene rings is 2. The van der Waals surface area contributed by atoms with Crippen LogP contribution in [-0.2, 0) is 9.67 Å². The Morgan fingerprint density at radius 1 is 1.14 bits per heavy atom. The molecule has 2 heterocycles. The van der Waals surface area contributed by atoms with Crippen molar-refractivity contribution in [3.8, 4) is 0 Å². The highest BCUT2D eigenvalue weighted by Crippen LogP contribution is 2.48. The fraction of sp³-hybridized carbons (Fsp3) is 0.0667. The molecule has 1 amide bonds. The Hall–Kier alpha value is -2.34. The van der Waals surface area contributed by atoms with Gasteiger partial charge < -0.3 is 5.32 Å². The summed E-state index contributed by atoms with van der Waals surface area (Å²) in [5.41, 5.74) is 5.00. The van der Waals surface area contributed by atoms with Crippen LogP contribution in [0, 0.1) is 5.82 Å². The number of fused-ring (bicyclic) bond motifs is 2. The van der Waals surface area contributed by atoms with Gasteiger partial charge >= 0.3 is 0 Å². The lowest BCUT2D eigenvalue weighted by Gasteiger charge is -2.19. The third-order valence-corrected chi connectivity index (χ3v) is 4.84. The molecule has 0 saturated heterocycles. The molecule has 2 N–H and O–H groups in total. The number of hydrazone groups is 1. The van der Waals surface area contributed by atoms with E-state index < -0.39 is 4.87 Å². The van der Waals surface area contributed by atoms with Crippen LogP contribution in [0.4, 0.5) is 10.1 Å². The van der Waals surface area contributed by atoms with Gasteiger partial charge in [-0.3, -0.25) is 10.2 Å². The van der Waals surface area contributed by atoms with Gasteiger partial charge in [0.2, 0.25) is 4.87 Å².